The Labute approximate surface area is 157 Å². The lowest BCUT2D eigenvalue weighted by atomic mass is 10.3. The topological polar surface area (TPSA) is 82.8 Å². The fraction of sp³-hybridized carbons (Fsp3) is 0.526. The molecule has 1 fully saturated rings. The van der Waals surface area contributed by atoms with Crippen LogP contribution in [0.15, 0.2) is 29.1 Å². The molecule has 1 aromatic heterocycles. The molecule has 0 unspecified atom stereocenters. The molecule has 1 aliphatic heterocycles. The molecule has 1 atom stereocenters. The molecule has 0 spiro atoms. The number of benzene rings is 1. The highest BCUT2D eigenvalue weighted by molar-refractivity contribution is 5.83. The fourth-order valence-electron chi connectivity index (χ4n) is 3.34. The summed E-state index contributed by atoms with van der Waals surface area (Å²) in [7, 11) is 0. The van der Waals surface area contributed by atoms with Gasteiger partial charge in [-0.15, -0.1) is 0 Å². The smallest absolute Gasteiger partial charge is 0.329 e. The zero-order valence-electron chi connectivity index (χ0n) is 15.7. The second-order valence-corrected chi connectivity index (χ2v) is 6.49. The molecule has 0 aliphatic carbocycles. The second kappa shape index (κ2) is 8.39. The van der Waals surface area contributed by atoms with Gasteiger partial charge in [-0.25, -0.2) is 4.79 Å². The van der Waals surface area contributed by atoms with Crippen LogP contribution in [0.4, 0.5) is 0 Å². The zero-order chi connectivity index (χ0) is 19.4. The van der Waals surface area contributed by atoms with Crippen LogP contribution in [0.5, 0.6) is 0 Å². The van der Waals surface area contributed by atoms with Crippen molar-refractivity contribution in [2.75, 3.05) is 26.3 Å². The molecule has 1 aliphatic rings. The van der Waals surface area contributed by atoms with E-state index in [1.54, 1.807) is 21.0 Å². The van der Waals surface area contributed by atoms with E-state index in [-0.39, 0.29) is 24.6 Å². The Balaban J connectivity index is 1.62. The maximum atomic E-state index is 12.6. The Morgan fingerprint density at radius 1 is 1.15 bits per heavy atom. The van der Waals surface area contributed by atoms with E-state index in [1.807, 2.05) is 31.2 Å². The van der Waals surface area contributed by atoms with Crippen molar-refractivity contribution in [1.29, 1.82) is 0 Å². The van der Waals surface area contributed by atoms with Gasteiger partial charge in [-0.3, -0.25) is 18.7 Å². The van der Waals surface area contributed by atoms with Crippen LogP contribution in [-0.2, 0) is 32.2 Å². The van der Waals surface area contributed by atoms with Crippen molar-refractivity contribution in [3.8, 4) is 0 Å². The molecule has 0 saturated carbocycles. The fourth-order valence-corrected chi connectivity index (χ4v) is 3.34. The van der Waals surface area contributed by atoms with Crippen LogP contribution in [0.2, 0.25) is 0 Å². The third-order valence-electron chi connectivity index (χ3n) is 4.76. The number of aryl methyl sites for hydroxylation is 2. The molecule has 2 aromatic rings. The van der Waals surface area contributed by atoms with Gasteiger partial charge in [0.2, 0.25) is 0 Å². The first kappa shape index (κ1) is 19.2. The number of fused-ring (bicyclic) bond motifs is 1. The summed E-state index contributed by atoms with van der Waals surface area (Å²) in [4.78, 5) is 38.7. The first-order chi connectivity index (χ1) is 13.0. The molecular formula is C19H25N3O5. The number of para-hydroxylation sites is 2. The van der Waals surface area contributed by atoms with E-state index in [0.29, 0.717) is 32.8 Å². The van der Waals surface area contributed by atoms with Gasteiger partial charge in [0.25, 0.3) is 5.91 Å². The molecule has 2 heterocycles. The number of hydrogen-bond acceptors (Lipinski definition) is 5. The van der Waals surface area contributed by atoms with Crippen LogP contribution in [0.1, 0.15) is 20.3 Å². The summed E-state index contributed by atoms with van der Waals surface area (Å²) in [5.41, 5.74) is 1.48. The van der Waals surface area contributed by atoms with Crippen molar-refractivity contribution in [2.45, 2.75) is 39.5 Å². The SMILES string of the molecule is CCn1c(=O)n(CCC(=O)O[C@@H](C)C(=O)N2CCOCC2)c2ccccc21. The van der Waals surface area contributed by atoms with Gasteiger partial charge >= 0.3 is 11.7 Å². The Bertz CT molecular complexity index is 879. The number of morpholine rings is 1. The average molecular weight is 375 g/mol. The third kappa shape index (κ3) is 4.05. The largest absolute Gasteiger partial charge is 0.452 e. The number of imidazole rings is 1. The van der Waals surface area contributed by atoms with E-state index < -0.39 is 12.1 Å². The van der Waals surface area contributed by atoms with Gasteiger partial charge in [-0.1, -0.05) is 12.1 Å². The normalized spacial score (nSPS) is 15.7. The van der Waals surface area contributed by atoms with Crippen LogP contribution in [0.3, 0.4) is 0 Å². The zero-order valence-corrected chi connectivity index (χ0v) is 15.7. The van der Waals surface area contributed by atoms with Gasteiger partial charge in [0.05, 0.1) is 30.7 Å². The summed E-state index contributed by atoms with van der Waals surface area (Å²) < 4.78 is 13.7. The minimum absolute atomic E-state index is 0.0262. The number of carbonyl (C=O) groups excluding carboxylic acids is 2. The van der Waals surface area contributed by atoms with Crippen LogP contribution in [0, 0.1) is 0 Å². The maximum absolute atomic E-state index is 12.6. The number of hydrogen-bond donors (Lipinski definition) is 0. The van der Waals surface area contributed by atoms with E-state index >= 15 is 0 Å². The predicted octanol–water partition coefficient (Wildman–Crippen LogP) is 1.00. The lowest BCUT2D eigenvalue weighted by Crippen LogP contribution is -2.46. The molecule has 1 aromatic carbocycles. The number of esters is 1. The standard InChI is InChI=1S/C19H25N3O5/c1-3-21-15-6-4-5-7-16(15)22(19(21)25)9-8-17(23)27-14(2)18(24)20-10-12-26-13-11-20/h4-7,14H,3,8-13H2,1-2H3/t14-/m0/s1. The van der Waals surface area contributed by atoms with Gasteiger partial charge in [-0.2, -0.15) is 0 Å². The molecule has 8 heteroatoms. The van der Waals surface area contributed by atoms with Gasteiger partial charge in [0, 0.05) is 26.2 Å². The Morgan fingerprint density at radius 2 is 1.78 bits per heavy atom. The van der Waals surface area contributed by atoms with Gasteiger partial charge < -0.3 is 14.4 Å². The lowest BCUT2D eigenvalue weighted by Gasteiger charge is -2.28. The molecule has 3 rings (SSSR count). The van der Waals surface area contributed by atoms with Gasteiger partial charge in [0.1, 0.15) is 0 Å². The Hall–Kier alpha value is -2.61. The molecule has 0 N–H and O–H groups in total. The summed E-state index contributed by atoms with van der Waals surface area (Å²) in [6, 6.07) is 7.49. The monoisotopic (exact) mass is 375 g/mol. The van der Waals surface area contributed by atoms with Crippen molar-refractivity contribution in [2.24, 2.45) is 0 Å². The highest BCUT2D eigenvalue weighted by Gasteiger charge is 2.25. The highest BCUT2D eigenvalue weighted by atomic mass is 16.5. The van der Waals surface area contributed by atoms with Crippen molar-refractivity contribution >= 4 is 22.9 Å². The van der Waals surface area contributed by atoms with E-state index in [4.69, 9.17) is 9.47 Å². The number of aromatic nitrogens is 2. The summed E-state index contributed by atoms with van der Waals surface area (Å²) in [6.45, 7) is 6.26. The molecule has 0 radical (unpaired) electrons. The number of rotatable bonds is 6. The van der Waals surface area contributed by atoms with Crippen molar-refractivity contribution in [1.82, 2.24) is 14.0 Å². The minimum atomic E-state index is -0.843. The number of ether oxygens (including phenoxy) is 2. The predicted molar refractivity (Wildman–Crippen MR) is 99.4 cm³/mol. The highest BCUT2D eigenvalue weighted by Crippen LogP contribution is 2.13. The van der Waals surface area contributed by atoms with E-state index in [9.17, 15) is 14.4 Å². The van der Waals surface area contributed by atoms with Crippen LogP contribution < -0.4 is 5.69 Å². The van der Waals surface area contributed by atoms with Crippen molar-refractivity contribution in [3.63, 3.8) is 0 Å². The minimum Gasteiger partial charge on any atom is -0.452 e. The molecule has 1 saturated heterocycles. The first-order valence-corrected chi connectivity index (χ1v) is 9.27. The first-order valence-electron chi connectivity index (χ1n) is 9.27. The summed E-state index contributed by atoms with van der Waals surface area (Å²) in [5.74, 6) is -0.712. The van der Waals surface area contributed by atoms with Crippen LogP contribution >= 0.6 is 0 Å². The quantitative estimate of drug-likeness (QED) is 0.704. The summed E-state index contributed by atoms with van der Waals surface area (Å²) in [6.07, 6.45) is -0.817. The molecular weight excluding hydrogens is 350 g/mol. The summed E-state index contributed by atoms with van der Waals surface area (Å²) >= 11 is 0. The van der Waals surface area contributed by atoms with Crippen molar-refractivity contribution in [3.05, 3.63) is 34.7 Å². The van der Waals surface area contributed by atoms with Gasteiger partial charge in [0.15, 0.2) is 6.10 Å². The van der Waals surface area contributed by atoms with Crippen LogP contribution in [-0.4, -0.2) is 58.3 Å². The van der Waals surface area contributed by atoms with Crippen molar-refractivity contribution < 1.29 is 19.1 Å². The lowest BCUT2D eigenvalue weighted by molar-refractivity contribution is -0.161. The second-order valence-electron chi connectivity index (χ2n) is 6.49. The Morgan fingerprint density at radius 3 is 2.41 bits per heavy atom. The number of amides is 1. The molecule has 0 bridgehead atoms. The van der Waals surface area contributed by atoms with E-state index in [1.165, 1.54) is 0 Å². The summed E-state index contributed by atoms with van der Waals surface area (Å²) in [5, 5.41) is 0. The van der Waals surface area contributed by atoms with E-state index in [2.05, 4.69) is 0 Å². The van der Waals surface area contributed by atoms with Gasteiger partial charge in [-0.05, 0) is 26.0 Å². The number of carbonyl (C=O) groups is 2. The van der Waals surface area contributed by atoms with Crippen LogP contribution in [0.25, 0.3) is 11.0 Å². The number of nitrogens with zero attached hydrogens (tertiary/aromatic N) is 3. The molecule has 27 heavy (non-hydrogen) atoms. The molecule has 8 nitrogen and oxygen atoms in total. The maximum Gasteiger partial charge on any atom is 0.329 e. The molecule has 146 valence electrons. The Kier molecular flexibility index (Phi) is 5.95. The molecule has 1 amide bonds. The third-order valence-corrected chi connectivity index (χ3v) is 4.76. The average Bonchev–Trinajstić information content (AvgIpc) is 2.97. The van der Waals surface area contributed by atoms with E-state index in [0.717, 1.165) is 11.0 Å².